The molecule has 2 aliphatic rings. The number of benzene rings is 1. The number of esters is 1. The monoisotopic (exact) mass is 471 g/mol. The Kier molecular flexibility index (Phi) is 7.54. The third-order valence-electron chi connectivity index (χ3n) is 7.09. The molecule has 7 nitrogen and oxygen atoms in total. The average Bonchev–Trinajstić information content (AvgIpc) is 3.35. The summed E-state index contributed by atoms with van der Waals surface area (Å²) in [6, 6.07) is 3.06. The molecule has 1 aromatic heterocycles. The number of nitrogens with zero attached hydrogens (tertiary/aromatic N) is 2. The van der Waals surface area contributed by atoms with Crippen LogP contribution < -0.4 is 16.6 Å². The summed E-state index contributed by atoms with van der Waals surface area (Å²) in [5.74, 6) is -0.978. The van der Waals surface area contributed by atoms with E-state index in [1.807, 2.05) is 0 Å². The maximum Gasteiger partial charge on any atom is 0.333 e. The summed E-state index contributed by atoms with van der Waals surface area (Å²) < 4.78 is 22.9. The summed E-state index contributed by atoms with van der Waals surface area (Å²) in [5.41, 5.74) is 0.168. The van der Waals surface area contributed by atoms with E-state index >= 15 is 4.39 Å². The van der Waals surface area contributed by atoms with Crippen molar-refractivity contribution in [2.45, 2.75) is 90.3 Å². The molecule has 0 unspecified atom stereocenters. The molecule has 2 saturated carbocycles. The number of allylic oxidation sites excluding steroid dienone is 1. The Morgan fingerprint density at radius 1 is 1.12 bits per heavy atom. The number of ether oxygens (including phenoxy) is 1. The fourth-order valence-electron chi connectivity index (χ4n) is 5.21. The fourth-order valence-corrected chi connectivity index (χ4v) is 5.21. The van der Waals surface area contributed by atoms with Gasteiger partial charge in [0.15, 0.2) is 0 Å². The van der Waals surface area contributed by atoms with Crippen LogP contribution in [0.2, 0.25) is 0 Å². The van der Waals surface area contributed by atoms with Gasteiger partial charge in [-0.1, -0.05) is 38.2 Å². The summed E-state index contributed by atoms with van der Waals surface area (Å²) in [7, 11) is 0. The number of fused-ring (bicyclic) bond motifs is 1. The molecule has 0 amide bonds. The molecule has 0 atom stereocenters. The van der Waals surface area contributed by atoms with E-state index in [1.165, 1.54) is 18.6 Å². The van der Waals surface area contributed by atoms with Gasteiger partial charge in [-0.3, -0.25) is 13.9 Å². The largest absolute Gasteiger partial charge is 0.463 e. The highest BCUT2D eigenvalue weighted by molar-refractivity contribution is 5.87. The number of carbonyl (C=O) groups excluding carboxylic acids is 1. The molecule has 0 aliphatic heterocycles. The molecule has 0 spiro atoms. The molecule has 4 rings (SSSR count). The molecule has 2 fully saturated rings. The lowest BCUT2D eigenvalue weighted by Gasteiger charge is -2.25. The number of rotatable bonds is 7. The molecule has 1 N–H and O–H groups in total. The summed E-state index contributed by atoms with van der Waals surface area (Å²) in [5, 5.41) is 3.50. The van der Waals surface area contributed by atoms with Crippen molar-refractivity contribution in [1.29, 1.82) is 0 Å². The van der Waals surface area contributed by atoms with E-state index in [2.05, 4.69) is 5.32 Å². The smallest absolute Gasteiger partial charge is 0.333 e. The van der Waals surface area contributed by atoms with Crippen molar-refractivity contribution in [2.75, 3.05) is 11.9 Å². The first-order chi connectivity index (χ1) is 16.4. The van der Waals surface area contributed by atoms with Crippen LogP contribution in [0.5, 0.6) is 0 Å². The Bertz CT molecular complexity index is 1200. The lowest BCUT2D eigenvalue weighted by molar-refractivity contribution is -0.138. The summed E-state index contributed by atoms with van der Waals surface area (Å²) in [4.78, 5) is 38.8. The maximum atomic E-state index is 15.1. The second kappa shape index (κ2) is 10.6. The number of halogens is 1. The fraction of sp³-hybridized carbons (Fsp3) is 0.577. The van der Waals surface area contributed by atoms with Crippen molar-refractivity contribution in [1.82, 2.24) is 9.13 Å². The third-order valence-corrected chi connectivity index (χ3v) is 7.09. The van der Waals surface area contributed by atoms with E-state index < -0.39 is 23.0 Å². The van der Waals surface area contributed by atoms with Crippen LogP contribution in [0.15, 0.2) is 33.4 Å². The topological polar surface area (TPSA) is 82.3 Å². The molecule has 0 radical (unpaired) electrons. The number of hydrogen-bond acceptors (Lipinski definition) is 5. The summed E-state index contributed by atoms with van der Waals surface area (Å²) in [6.07, 6.45) is 10.6. The third kappa shape index (κ3) is 4.95. The van der Waals surface area contributed by atoms with Crippen LogP contribution >= 0.6 is 0 Å². The molecule has 1 heterocycles. The Labute approximate surface area is 198 Å². The minimum atomic E-state index is -0.551. The lowest BCUT2D eigenvalue weighted by atomic mass is 9.95. The minimum absolute atomic E-state index is 0.0371. The van der Waals surface area contributed by atoms with Gasteiger partial charge in [-0.15, -0.1) is 0 Å². The molecule has 34 heavy (non-hydrogen) atoms. The molecule has 0 saturated heterocycles. The summed E-state index contributed by atoms with van der Waals surface area (Å²) in [6.45, 7) is 3.47. The molecule has 184 valence electrons. The van der Waals surface area contributed by atoms with Crippen molar-refractivity contribution in [3.05, 3.63) is 50.4 Å². The summed E-state index contributed by atoms with van der Waals surface area (Å²) >= 11 is 0. The van der Waals surface area contributed by atoms with E-state index in [9.17, 15) is 14.4 Å². The number of anilines is 1. The number of nitrogens with one attached hydrogen (secondary N) is 1. The van der Waals surface area contributed by atoms with Gasteiger partial charge in [0.25, 0.3) is 5.56 Å². The van der Waals surface area contributed by atoms with Crippen LogP contribution in [-0.4, -0.2) is 27.8 Å². The van der Waals surface area contributed by atoms with Crippen LogP contribution in [0.4, 0.5) is 10.1 Å². The zero-order valence-electron chi connectivity index (χ0n) is 20.1. The van der Waals surface area contributed by atoms with Crippen molar-refractivity contribution >= 4 is 22.6 Å². The second-order valence-corrected chi connectivity index (χ2v) is 9.44. The molecule has 8 heteroatoms. The highest BCUT2D eigenvalue weighted by Crippen LogP contribution is 2.32. The van der Waals surface area contributed by atoms with Crippen LogP contribution in [0.1, 0.15) is 77.7 Å². The quantitative estimate of drug-likeness (QED) is 0.469. The van der Waals surface area contributed by atoms with Crippen LogP contribution in [-0.2, 0) is 16.1 Å². The zero-order chi connectivity index (χ0) is 24.2. The van der Waals surface area contributed by atoms with E-state index in [-0.39, 0.29) is 30.6 Å². The SMILES string of the molecule is CCOC(=O)/C(C)=C/Cn1c(=O)c2cc(F)c(NC3CCCCC3)cc2n(C2CCCC2)c1=O. The van der Waals surface area contributed by atoms with E-state index in [0.717, 1.165) is 55.9 Å². The minimum Gasteiger partial charge on any atom is -0.463 e. The first-order valence-corrected chi connectivity index (χ1v) is 12.5. The van der Waals surface area contributed by atoms with E-state index in [4.69, 9.17) is 4.74 Å². The predicted molar refractivity (Wildman–Crippen MR) is 131 cm³/mol. The molecular formula is C26H34FN3O4. The van der Waals surface area contributed by atoms with E-state index in [1.54, 1.807) is 24.5 Å². The Morgan fingerprint density at radius 3 is 2.47 bits per heavy atom. The zero-order valence-corrected chi connectivity index (χ0v) is 20.1. The Hall–Kier alpha value is -2.90. The van der Waals surface area contributed by atoms with Gasteiger partial charge in [0.1, 0.15) is 5.82 Å². The normalized spacial score (nSPS) is 17.9. The van der Waals surface area contributed by atoms with E-state index in [0.29, 0.717) is 16.8 Å². The number of hydrogen-bond donors (Lipinski definition) is 1. The van der Waals surface area contributed by atoms with Gasteiger partial charge < -0.3 is 10.1 Å². The molecule has 0 bridgehead atoms. The van der Waals surface area contributed by atoms with Crippen LogP contribution in [0.25, 0.3) is 10.9 Å². The second-order valence-electron chi connectivity index (χ2n) is 9.44. The highest BCUT2D eigenvalue weighted by atomic mass is 19.1. The van der Waals surface area contributed by atoms with Crippen LogP contribution in [0, 0.1) is 5.82 Å². The van der Waals surface area contributed by atoms with Crippen molar-refractivity contribution < 1.29 is 13.9 Å². The molecule has 2 aliphatic carbocycles. The average molecular weight is 472 g/mol. The van der Waals surface area contributed by atoms with Gasteiger partial charge in [0.2, 0.25) is 0 Å². The predicted octanol–water partition coefficient (Wildman–Crippen LogP) is 4.67. The maximum absolute atomic E-state index is 15.1. The highest BCUT2D eigenvalue weighted by Gasteiger charge is 2.25. The van der Waals surface area contributed by atoms with Crippen molar-refractivity contribution in [3.63, 3.8) is 0 Å². The van der Waals surface area contributed by atoms with Gasteiger partial charge in [-0.25, -0.2) is 14.0 Å². The number of carbonyl (C=O) groups is 1. The standard InChI is InChI=1S/C26H34FN3O4/c1-3-34-25(32)17(2)13-14-29-24(31)20-15-21(27)22(28-18-9-5-4-6-10-18)16-23(20)30(26(29)33)19-11-7-8-12-19/h13,15-16,18-19,28H,3-12,14H2,1-2H3/b17-13+. The van der Waals surface area contributed by atoms with Crippen molar-refractivity contribution in [3.8, 4) is 0 Å². The Balaban J connectivity index is 1.81. The van der Waals surface area contributed by atoms with Gasteiger partial charge in [-0.2, -0.15) is 0 Å². The lowest BCUT2D eigenvalue weighted by Crippen LogP contribution is -2.41. The van der Waals surface area contributed by atoms with Gasteiger partial charge in [0.05, 0.1) is 23.2 Å². The Morgan fingerprint density at radius 2 is 1.79 bits per heavy atom. The van der Waals surface area contributed by atoms with Crippen LogP contribution in [0.3, 0.4) is 0 Å². The number of aromatic nitrogens is 2. The first kappa shape index (κ1) is 24.2. The van der Waals surface area contributed by atoms with Gasteiger partial charge in [0, 0.05) is 24.2 Å². The van der Waals surface area contributed by atoms with Gasteiger partial charge in [-0.05, 0) is 51.7 Å². The molecule has 1 aromatic carbocycles. The van der Waals surface area contributed by atoms with Crippen molar-refractivity contribution in [2.24, 2.45) is 0 Å². The molecule has 2 aromatic rings. The molecular weight excluding hydrogens is 437 g/mol. The van der Waals surface area contributed by atoms with Gasteiger partial charge >= 0.3 is 11.7 Å². The first-order valence-electron chi connectivity index (χ1n) is 12.5.